The number of carbonyl (C=O) groups is 1. The highest BCUT2D eigenvalue weighted by atomic mass is 32.2. The summed E-state index contributed by atoms with van der Waals surface area (Å²) < 4.78 is 32.2. The van der Waals surface area contributed by atoms with Gasteiger partial charge < -0.3 is 10.1 Å². The molecule has 0 aromatic heterocycles. The van der Waals surface area contributed by atoms with Crippen LogP contribution in [0.1, 0.15) is 19.4 Å². The van der Waals surface area contributed by atoms with E-state index in [-0.39, 0.29) is 23.5 Å². The fourth-order valence-corrected chi connectivity index (χ4v) is 4.18. The van der Waals surface area contributed by atoms with Crippen LogP contribution in [0.5, 0.6) is 5.75 Å². The maximum absolute atomic E-state index is 12.1. The summed E-state index contributed by atoms with van der Waals surface area (Å²) in [5, 5.41) is 5.07. The Kier molecular flexibility index (Phi) is 6.51. The normalized spacial score (nSPS) is 11.6. The van der Waals surface area contributed by atoms with Gasteiger partial charge in [-0.15, -0.1) is 0 Å². The maximum atomic E-state index is 12.1. The maximum Gasteiger partial charge on any atom is 0.258 e. The Morgan fingerprint density at radius 3 is 2.38 bits per heavy atom. The van der Waals surface area contributed by atoms with Crippen LogP contribution in [0.4, 0.5) is 0 Å². The fourth-order valence-electron chi connectivity index (χ4n) is 2.93. The molecule has 29 heavy (non-hydrogen) atoms. The highest BCUT2D eigenvalue weighted by Gasteiger charge is 2.15. The summed E-state index contributed by atoms with van der Waals surface area (Å²) in [6.45, 7) is 3.76. The minimum Gasteiger partial charge on any atom is -0.484 e. The van der Waals surface area contributed by atoms with Gasteiger partial charge in [0.15, 0.2) is 6.61 Å². The van der Waals surface area contributed by atoms with Crippen molar-refractivity contribution in [3.63, 3.8) is 0 Å². The van der Waals surface area contributed by atoms with E-state index in [0.717, 1.165) is 16.3 Å². The lowest BCUT2D eigenvalue weighted by atomic mass is 10.0. The lowest BCUT2D eigenvalue weighted by molar-refractivity contribution is -0.123. The Bertz CT molecular complexity index is 1090. The van der Waals surface area contributed by atoms with Gasteiger partial charge in [0.05, 0.1) is 4.90 Å². The molecular formula is C22H24N2O4S. The van der Waals surface area contributed by atoms with Gasteiger partial charge in [-0.3, -0.25) is 4.79 Å². The van der Waals surface area contributed by atoms with Crippen LogP contribution in [0.25, 0.3) is 10.8 Å². The molecule has 3 rings (SSSR count). The van der Waals surface area contributed by atoms with Gasteiger partial charge in [0.25, 0.3) is 5.91 Å². The molecular weight excluding hydrogens is 388 g/mol. The molecule has 0 radical (unpaired) electrons. The van der Waals surface area contributed by atoms with Gasteiger partial charge in [-0.25, -0.2) is 13.1 Å². The predicted octanol–water partition coefficient (Wildman–Crippen LogP) is 3.22. The smallest absolute Gasteiger partial charge is 0.258 e. The average Bonchev–Trinajstić information content (AvgIpc) is 2.70. The zero-order chi connectivity index (χ0) is 20.9. The van der Waals surface area contributed by atoms with E-state index < -0.39 is 10.0 Å². The second kappa shape index (κ2) is 9.07. The standard InChI is InChI=1S/C22H24N2O4S/c1-16(2)24-29(26,27)20-12-10-19(11-13-20)28-15-22(25)23-14-18-8-5-7-17-6-3-4-9-21(17)18/h3-13,16,24H,14-15H2,1-2H3,(H,23,25). The number of hydrogen-bond acceptors (Lipinski definition) is 4. The number of sulfonamides is 1. The van der Waals surface area contributed by atoms with Crippen molar-refractivity contribution in [2.24, 2.45) is 0 Å². The number of benzene rings is 3. The van der Waals surface area contributed by atoms with Gasteiger partial charge in [0.2, 0.25) is 10.0 Å². The first-order chi connectivity index (χ1) is 13.8. The van der Waals surface area contributed by atoms with Crippen LogP contribution in [-0.4, -0.2) is 27.0 Å². The lowest BCUT2D eigenvalue weighted by Gasteiger charge is -2.11. The molecule has 2 N–H and O–H groups in total. The van der Waals surface area contributed by atoms with E-state index in [9.17, 15) is 13.2 Å². The Labute approximate surface area is 170 Å². The molecule has 0 atom stereocenters. The van der Waals surface area contributed by atoms with Crippen molar-refractivity contribution in [2.75, 3.05) is 6.61 Å². The number of amides is 1. The summed E-state index contributed by atoms with van der Waals surface area (Å²) in [5.41, 5.74) is 1.03. The number of carbonyl (C=O) groups excluding carboxylic acids is 1. The molecule has 0 saturated heterocycles. The first-order valence-electron chi connectivity index (χ1n) is 9.34. The van der Waals surface area contributed by atoms with Gasteiger partial charge in [-0.2, -0.15) is 0 Å². The summed E-state index contributed by atoms with van der Waals surface area (Å²) in [7, 11) is -3.55. The Balaban J connectivity index is 1.54. The largest absolute Gasteiger partial charge is 0.484 e. The first-order valence-corrected chi connectivity index (χ1v) is 10.8. The highest BCUT2D eigenvalue weighted by Crippen LogP contribution is 2.18. The lowest BCUT2D eigenvalue weighted by Crippen LogP contribution is -2.30. The van der Waals surface area contributed by atoms with Crippen molar-refractivity contribution in [3.8, 4) is 5.75 Å². The second-order valence-corrected chi connectivity index (χ2v) is 8.67. The summed E-state index contributed by atoms with van der Waals surface area (Å²) in [5.74, 6) is 0.171. The zero-order valence-electron chi connectivity index (χ0n) is 16.4. The Morgan fingerprint density at radius 1 is 0.966 bits per heavy atom. The monoisotopic (exact) mass is 412 g/mol. The second-order valence-electron chi connectivity index (χ2n) is 6.95. The predicted molar refractivity (Wildman–Crippen MR) is 113 cm³/mol. The number of fused-ring (bicyclic) bond motifs is 1. The molecule has 0 heterocycles. The summed E-state index contributed by atoms with van der Waals surface area (Å²) >= 11 is 0. The first kappa shape index (κ1) is 20.8. The number of ether oxygens (including phenoxy) is 1. The van der Waals surface area contributed by atoms with E-state index >= 15 is 0 Å². The highest BCUT2D eigenvalue weighted by molar-refractivity contribution is 7.89. The van der Waals surface area contributed by atoms with Gasteiger partial charge in [-0.1, -0.05) is 42.5 Å². The molecule has 0 bridgehead atoms. The van der Waals surface area contributed by atoms with Crippen LogP contribution in [0.15, 0.2) is 71.6 Å². The Morgan fingerprint density at radius 2 is 1.66 bits per heavy atom. The number of nitrogens with one attached hydrogen (secondary N) is 2. The molecule has 3 aromatic rings. The SMILES string of the molecule is CC(C)NS(=O)(=O)c1ccc(OCC(=O)NCc2cccc3ccccc23)cc1. The fraction of sp³-hybridized carbons (Fsp3) is 0.227. The van der Waals surface area contributed by atoms with Crippen molar-refractivity contribution in [3.05, 3.63) is 72.3 Å². The summed E-state index contributed by atoms with van der Waals surface area (Å²) in [4.78, 5) is 12.3. The van der Waals surface area contributed by atoms with Crippen LogP contribution in [-0.2, 0) is 21.4 Å². The molecule has 0 fully saturated rings. The number of hydrogen-bond donors (Lipinski definition) is 2. The third-order valence-electron chi connectivity index (χ3n) is 4.25. The molecule has 0 unspecified atom stereocenters. The van der Waals surface area contributed by atoms with Crippen molar-refractivity contribution in [2.45, 2.75) is 31.3 Å². The third-order valence-corrected chi connectivity index (χ3v) is 5.93. The summed E-state index contributed by atoms with van der Waals surface area (Å²) in [6.07, 6.45) is 0. The van der Waals surface area contributed by atoms with Gasteiger partial charge in [0.1, 0.15) is 5.75 Å². The molecule has 1 amide bonds. The van der Waals surface area contributed by atoms with Crippen LogP contribution in [0.3, 0.4) is 0 Å². The van der Waals surface area contributed by atoms with E-state index in [4.69, 9.17) is 4.74 Å². The molecule has 152 valence electrons. The van der Waals surface area contributed by atoms with Crippen LogP contribution >= 0.6 is 0 Å². The molecule has 0 saturated carbocycles. The molecule has 6 nitrogen and oxygen atoms in total. The zero-order valence-corrected chi connectivity index (χ0v) is 17.2. The molecule has 3 aromatic carbocycles. The van der Waals surface area contributed by atoms with Gasteiger partial charge in [-0.05, 0) is 54.4 Å². The quantitative estimate of drug-likeness (QED) is 0.595. The van der Waals surface area contributed by atoms with Crippen LogP contribution in [0, 0.1) is 0 Å². The Hall–Kier alpha value is -2.90. The molecule has 0 aliphatic heterocycles. The van der Waals surface area contributed by atoms with Crippen molar-refractivity contribution in [1.29, 1.82) is 0 Å². The van der Waals surface area contributed by atoms with E-state index in [0.29, 0.717) is 12.3 Å². The van der Waals surface area contributed by atoms with Crippen molar-refractivity contribution in [1.82, 2.24) is 10.0 Å². The van der Waals surface area contributed by atoms with Crippen LogP contribution in [0.2, 0.25) is 0 Å². The average molecular weight is 413 g/mol. The van der Waals surface area contributed by atoms with E-state index in [1.807, 2.05) is 42.5 Å². The van der Waals surface area contributed by atoms with E-state index in [1.165, 1.54) is 24.3 Å². The van der Waals surface area contributed by atoms with Gasteiger partial charge >= 0.3 is 0 Å². The molecule has 0 aliphatic carbocycles. The van der Waals surface area contributed by atoms with Gasteiger partial charge in [0, 0.05) is 12.6 Å². The third kappa shape index (κ3) is 5.56. The van der Waals surface area contributed by atoms with Crippen LogP contribution < -0.4 is 14.8 Å². The number of rotatable bonds is 8. The van der Waals surface area contributed by atoms with Crippen molar-refractivity contribution < 1.29 is 17.9 Å². The van der Waals surface area contributed by atoms with Crippen molar-refractivity contribution >= 4 is 26.7 Å². The molecule has 0 spiro atoms. The van der Waals surface area contributed by atoms with E-state index in [1.54, 1.807) is 13.8 Å². The van der Waals surface area contributed by atoms with E-state index in [2.05, 4.69) is 10.0 Å². The minimum atomic E-state index is -3.55. The molecule has 0 aliphatic rings. The topological polar surface area (TPSA) is 84.5 Å². The minimum absolute atomic E-state index is 0.152. The molecule has 7 heteroatoms. The summed E-state index contributed by atoms with van der Waals surface area (Å²) in [6, 6.07) is 19.8.